The Bertz CT molecular complexity index is 1200. The van der Waals surface area contributed by atoms with Gasteiger partial charge in [0.05, 0.1) is 5.52 Å². The van der Waals surface area contributed by atoms with Gasteiger partial charge >= 0.3 is 5.97 Å². The Morgan fingerprint density at radius 2 is 1.62 bits per heavy atom. The summed E-state index contributed by atoms with van der Waals surface area (Å²) in [4.78, 5) is 12.2. The van der Waals surface area contributed by atoms with Gasteiger partial charge in [0, 0.05) is 26.4 Å². The van der Waals surface area contributed by atoms with Crippen molar-refractivity contribution in [2.75, 3.05) is 0 Å². The van der Waals surface area contributed by atoms with Crippen LogP contribution in [0.1, 0.15) is 16.1 Å². The van der Waals surface area contributed by atoms with E-state index >= 15 is 0 Å². The molecule has 1 heterocycles. The Kier molecular flexibility index (Phi) is 5.54. The van der Waals surface area contributed by atoms with Crippen LogP contribution in [-0.2, 0) is 6.54 Å². The maximum Gasteiger partial charge on any atom is 0.356 e. The molecule has 0 bridgehead atoms. The van der Waals surface area contributed by atoms with Crippen LogP contribution in [0.3, 0.4) is 0 Å². The van der Waals surface area contributed by atoms with Crippen LogP contribution in [0.15, 0.2) is 71.2 Å². The van der Waals surface area contributed by atoms with Crippen molar-refractivity contribution < 1.29 is 14.6 Å². The molecule has 7 heteroatoms. The van der Waals surface area contributed by atoms with E-state index in [0.717, 1.165) is 10.0 Å². The third-order valence-corrected chi connectivity index (χ3v) is 5.48. The molecule has 0 aliphatic rings. The molecule has 0 atom stereocenters. The number of aromatic nitrogens is 1. The molecule has 0 saturated carbocycles. The fraction of sp³-hybridized carbons (Fsp3) is 0.0455. The molecule has 3 aromatic carbocycles. The Balaban J connectivity index is 1.90. The molecular formula is C22H14BrCl2NO3. The van der Waals surface area contributed by atoms with Gasteiger partial charge in [-0.05, 0) is 60.2 Å². The second kappa shape index (κ2) is 8.11. The average molecular weight is 491 g/mol. The van der Waals surface area contributed by atoms with E-state index in [1.165, 1.54) is 0 Å². The molecule has 4 nitrogen and oxygen atoms in total. The monoisotopic (exact) mass is 489 g/mol. The number of carboxylic acid groups (broad SMARTS) is 1. The molecule has 146 valence electrons. The smallest absolute Gasteiger partial charge is 0.356 e. The number of hydrogen-bond donors (Lipinski definition) is 1. The number of rotatable bonds is 5. The zero-order valence-corrected chi connectivity index (χ0v) is 18.0. The van der Waals surface area contributed by atoms with Crippen molar-refractivity contribution in [3.05, 3.63) is 92.5 Å². The molecule has 0 fully saturated rings. The number of benzene rings is 3. The van der Waals surface area contributed by atoms with E-state index in [9.17, 15) is 9.90 Å². The van der Waals surface area contributed by atoms with Crippen molar-refractivity contribution in [3.8, 4) is 11.5 Å². The number of halogens is 3. The highest BCUT2D eigenvalue weighted by atomic mass is 79.9. The topological polar surface area (TPSA) is 51.5 Å². The highest BCUT2D eigenvalue weighted by Gasteiger charge is 2.25. The molecule has 0 amide bonds. The molecule has 1 N–H and O–H groups in total. The number of nitrogens with zero attached hydrogens (tertiary/aromatic N) is 1. The Morgan fingerprint density at radius 3 is 2.28 bits per heavy atom. The Labute approximate surface area is 185 Å². The number of aromatic carboxylic acids is 1. The van der Waals surface area contributed by atoms with Crippen molar-refractivity contribution in [1.29, 1.82) is 0 Å². The van der Waals surface area contributed by atoms with Gasteiger partial charge in [-0.2, -0.15) is 0 Å². The van der Waals surface area contributed by atoms with Gasteiger partial charge in [-0.3, -0.25) is 0 Å². The minimum Gasteiger partial charge on any atom is -0.476 e. The zero-order chi connectivity index (χ0) is 20.5. The first kappa shape index (κ1) is 19.8. The maximum absolute atomic E-state index is 12.2. The first-order valence-electron chi connectivity index (χ1n) is 8.65. The summed E-state index contributed by atoms with van der Waals surface area (Å²) in [6.45, 7) is 0.348. The number of carboxylic acids is 1. The van der Waals surface area contributed by atoms with Crippen LogP contribution in [0, 0.1) is 0 Å². The van der Waals surface area contributed by atoms with E-state index < -0.39 is 5.97 Å². The molecule has 4 aromatic rings. The normalized spacial score (nSPS) is 11.0. The highest BCUT2D eigenvalue weighted by molar-refractivity contribution is 9.10. The number of fused-ring (bicyclic) bond motifs is 1. The third-order valence-electron chi connectivity index (χ3n) is 4.47. The minimum atomic E-state index is -1.08. The van der Waals surface area contributed by atoms with Crippen LogP contribution in [0.5, 0.6) is 11.5 Å². The lowest BCUT2D eigenvalue weighted by Gasteiger charge is -2.10. The summed E-state index contributed by atoms with van der Waals surface area (Å²) in [5.41, 5.74) is 1.69. The first-order valence-corrected chi connectivity index (χ1v) is 10.2. The van der Waals surface area contributed by atoms with Gasteiger partial charge in [0.1, 0.15) is 5.75 Å². The van der Waals surface area contributed by atoms with E-state index in [1.54, 1.807) is 47.0 Å². The van der Waals surface area contributed by atoms with Crippen molar-refractivity contribution in [2.24, 2.45) is 0 Å². The second-order valence-electron chi connectivity index (χ2n) is 6.41. The predicted octanol–water partition coefficient (Wildman–Crippen LogP) is 7.25. The number of carbonyl (C=O) groups is 1. The lowest BCUT2D eigenvalue weighted by atomic mass is 10.2. The van der Waals surface area contributed by atoms with Crippen molar-refractivity contribution in [2.45, 2.75) is 6.54 Å². The molecular weight excluding hydrogens is 477 g/mol. The van der Waals surface area contributed by atoms with Crippen molar-refractivity contribution in [1.82, 2.24) is 4.57 Å². The lowest BCUT2D eigenvalue weighted by molar-refractivity contribution is 0.0683. The molecule has 1 aromatic heterocycles. The van der Waals surface area contributed by atoms with Crippen molar-refractivity contribution >= 4 is 56.0 Å². The fourth-order valence-electron chi connectivity index (χ4n) is 3.17. The SMILES string of the molecule is O=C(O)c1c(Oc2ccc(Br)cc2)c2cc(Cl)ccc2n1Cc1ccc(Cl)cc1. The van der Waals surface area contributed by atoms with Crippen LogP contribution >= 0.6 is 39.1 Å². The molecule has 0 spiro atoms. The van der Waals surface area contributed by atoms with E-state index in [1.807, 2.05) is 24.3 Å². The van der Waals surface area contributed by atoms with Gasteiger partial charge in [-0.1, -0.05) is 51.3 Å². The van der Waals surface area contributed by atoms with E-state index in [2.05, 4.69) is 15.9 Å². The predicted molar refractivity (Wildman–Crippen MR) is 119 cm³/mol. The van der Waals surface area contributed by atoms with Gasteiger partial charge in [0.15, 0.2) is 11.4 Å². The summed E-state index contributed by atoms with van der Waals surface area (Å²) in [7, 11) is 0. The lowest BCUT2D eigenvalue weighted by Crippen LogP contribution is -2.10. The molecule has 0 aliphatic carbocycles. The highest BCUT2D eigenvalue weighted by Crippen LogP contribution is 2.38. The summed E-state index contributed by atoms with van der Waals surface area (Å²) >= 11 is 15.6. The summed E-state index contributed by atoms with van der Waals surface area (Å²) < 4.78 is 8.64. The van der Waals surface area contributed by atoms with Crippen molar-refractivity contribution in [3.63, 3.8) is 0 Å². The van der Waals surface area contributed by atoms with Gasteiger partial charge in [-0.25, -0.2) is 4.79 Å². The molecule has 0 aliphatic heterocycles. The van der Waals surface area contributed by atoms with Crippen LogP contribution < -0.4 is 4.74 Å². The summed E-state index contributed by atoms with van der Waals surface area (Å²) in [6, 6.07) is 19.7. The minimum absolute atomic E-state index is 0.0557. The van der Waals surface area contributed by atoms with Crippen LogP contribution in [0.25, 0.3) is 10.9 Å². The van der Waals surface area contributed by atoms with Gasteiger partial charge in [0.25, 0.3) is 0 Å². The largest absolute Gasteiger partial charge is 0.476 e. The molecule has 0 unspecified atom stereocenters. The Hall–Kier alpha value is -2.47. The second-order valence-corrected chi connectivity index (χ2v) is 8.20. The first-order chi connectivity index (χ1) is 13.9. The van der Waals surface area contributed by atoms with E-state index in [0.29, 0.717) is 33.2 Å². The van der Waals surface area contributed by atoms with E-state index in [4.69, 9.17) is 27.9 Å². The van der Waals surface area contributed by atoms with Crippen LogP contribution in [0.4, 0.5) is 0 Å². The average Bonchev–Trinajstić information content (AvgIpc) is 2.98. The summed E-state index contributed by atoms with van der Waals surface area (Å²) in [5.74, 6) is -0.300. The molecule has 4 rings (SSSR count). The third kappa shape index (κ3) is 4.13. The van der Waals surface area contributed by atoms with Crippen LogP contribution in [-0.4, -0.2) is 15.6 Å². The fourth-order valence-corrected chi connectivity index (χ4v) is 3.73. The van der Waals surface area contributed by atoms with Crippen LogP contribution in [0.2, 0.25) is 10.0 Å². The molecule has 0 radical (unpaired) electrons. The summed E-state index contributed by atoms with van der Waals surface area (Å²) in [5, 5.41) is 11.7. The standard InChI is InChI=1S/C22H14BrCl2NO3/c23-14-3-8-17(9-4-14)29-21-18-11-16(25)7-10-19(18)26(20(21)22(27)28)12-13-1-5-15(24)6-2-13/h1-11H,12H2,(H,27,28). The number of ether oxygens (including phenoxy) is 1. The molecule has 29 heavy (non-hydrogen) atoms. The zero-order valence-electron chi connectivity index (χ0n) is 14.9. The number of hydrogen-bond acceptors (Lipinski definition) is 2. The van der Waals surface area contributed by atoms with E-state index in [-0.39, 0.29) is 11.4 Å². The van der Waals surface area contributed by atoms with Gasteiger partial charge in [0.2, 0.25) is 0 Å². The summed E-state index contributed by atoms with van der Waals surface area (Å²) in [6.07, 6.45) is 0. The quantitative estimate of drug-likeness (QED) is 0.320. The van der Waals surface area contributed by atoms with Gasteiger partial charge in [-0.15, -0.1) is 0 Å². The Morgan fingerprint density at radius 1 is 0.966 bits per heavy atom. The molecule has 0 saturated heterocycles. The van der Waals surface area contributed by atoms with Gasteiger partial charge < -0.3 is 14.4 Å². The maximum atomic E-state index is 12.2.